The highest BCUT2D eigenvalue weighted by Crippen LogP contribution is 2.44. The van der Waals surface area contributed by atoms with E-state index in [1.807, 2.05) is 24.3 Å². The molecule has 0 radical (unpaired) electrons. The molecule has 2 aliphatic rings. The normalized spacial score (nSPS) is 20.3. The molecule has 0 heterocycles. The third-order valence-electron chi connectivity index (χ3n) is 6.89. The maximum Gasteiger partial charge on any atom is 0.407 e. The van der Waals surface area contributed by atoms with Crippen molar-refractivity contribution >= 4 is 18.0 Å². The zero-order valence-electron chi connectivity index (χ0n) is 19.1. The number of aliphatic hydroxyl groups excluding tert-OH is 1. The molecule has 0 aromatic heterocycles. The lowest BCUT2D eigenvalue weighted by atomic mass is 9.73. The van der Waals surface area contributed by atoms with E-state index in [-0.39, 0.29) is 30.8 Å². The summed E-state index contributed by atoms with van der Waals surface area (Å²) in [6.07, 6.45) is 1.27. The van der Waals surface area contributed by atoms with E-state index in [9.17, 15) is 19.5 Å². The van der Waals surface area contributed by atoms with Gasteiger partial charge in [0.25, 0.3) is 0 Å². The van der Waals surface area contributed by atoms with E-state index in [4.69, 9.17) is 9.84 Å². The number of aliphatic carboxylic acids is 1. The van der Waals surface area contributed by atoms with Crippen molar-refractivity contribution in [2.24, 2.45) is 11.8 Å². The lowest BCUT2D eigenvalue weighted by Gasteiger charge is -2.35. The van der Waals surface area contributed by atoms with Crippen LogP contribution in [0.1, 0.15) is 43.2 Å². The fourth-order valence-electron chi connectivity index (χ4n) is 4.87. The van der Waals surface area contributed by atoms with E-state index in [1.165, 1.54) is 18.1 Å². The Morgan fingerprint density at radius 3 is 2.15 bits per heavy atom. The van der Waals surface area contributed by atoms with Gasteiger partial charge in [-0.25, -0.2) is 9.59 Å². The third-order valence-corrected chi connectivity index (χ3v) is 6.89. The SMILES string of the molecule is CC(CO)(NC(=O)CC1CC(CNC(=O)OCC2c3ccccc3-c3ccccc32)C1)C(=O)O. The van der Waals surface area contributed by atoms with Gasteiger partial charge in [0, 0.05) is 18.9 Å². The smallest absolute Gasteiger partial charge is 0.407 e. The molecule has 180 valence electrons. The van der Waals surface area contributed by atoms with Crippen molar-refractivity contribution in [3.8, 4) is 11.1 Å². The summed E-state index contributed by atoms with van der Waals surface area (Å²) in [7, 11) is 0. The highest BCUT2D eigenvalue weighted by atomic mass is 16.5. The summed E-state index contributed by atoms with van der Waals surface area (Å²) in [6.45, 7) is 1.33. The number of carbonyl (C=O) groups excluding carboxylic acids is 2. The third kappa shape index (κ3) is 4.92. The molecule has 0 aliphatic heterocycles. The highest BCUT2D eigenvalue weighted by molar-refractivity contribution is 5.87. The molecule has 0 saturated heterocycles. The van der Waals surface area contributed by atoms with Gasteiger partial charge in [-0.3, -0.25) is 4.79 Å². The number of hydrogen-bond donors (Lipinski definition) is 4. The molecule has 4 rings (SSSR count). The van der Waals surface area contributed by atoms with Crippen LogP contribution in [0.15, 0.2) is 48.5 Å². The molecule has 34 heavy (non-hydrogen) atoms. The number of benzene rings is 2. The maximum absolute atomic E-state index is 12.3. The van der Waals surface area contributed by atoms with Gasteiger partial charge in [0.2, 0.25) is 5.91 Å². The Morgan fingerprint density at radius 1 is 1.00 bits per heavy atom. The predicted octanol–water partition coefficient (Wildman–Crippen LogP) is 2.89. The number of fused-ring (bicyclic) bond motifs is 3. The van der Waals surface area contributed by atoms with E-state index >= 15 is 0 Å². The number of amides is 2. The molecule has 2 aromatic carbocycles. The van der Waals surface area contributed by atoms with Crippen molar-refractivity contribution < 1.29 is 29.3 Å². The standard InChI is InChI=1S/C26H30N2O6/c1-26(15-29,24(31)32)28-23(30)12-16-10-17(11-16)13-27-25(33)34-14-22-20-8-4-2-6-18(20)19-7-3-5-9-21(19)22/h2-9,16-17,22,29H,10-15H2,1H3,(H,27,33)(H,28,30)(H,31,32). The molecular weight excluding hydrogens is 436 g/mol. The van der Waals surface area contributed by atoms with Gasteiger partial charge in [0.1, 0.15) is 6.61 Å². The number of carboxylic acid groups (broad SMARTS) is 1. The second-order valence-corrected chi connectivity index (χ2v) is 9.46. The van der Waals surface area contributed by atoms with Gasteiger partial charge in [-0.15, -0.1) is 0 Å². The molecule has 1 fully saturated rings. The molecule has 4 N–H and O–H groups in total. The predicted molar refractivity (Wildman–Crippen MR) is 125 cm³/mol. The zero-order valence-corrected chi connectivity index (χ0v) is 19.1. The summed E-state index contributed by atoms with van der Waals surface area (Å²) in [5.41, 5.74) is 3.01. The number of ether oxygens (including phenoxy) is 1. The Bertz CT molecular complexity index is 1030. The average molecular weight is 467 g/mol. The summed E-state index contributed by atoms with van der Waals surface area (Å²) < 4.78 is 5.55. The molecule has 2 amide bonds. The fraction of sp³-hybridized carbons (Fsp3) is 0.423. The van der Waals surface area contributed by atoms with Crippen LogP contribution in [0.5, 0.6) is 0 Å². The van der Waals surface area contributed by atoms with Gasteiger partial charge in [-0.1, -0.05) is 48.5 Å². The van der Waals surface area contributed by atoms with Crippen LogP contribution in [0.3, 0.4) is 0 Å². The summed E-state index contributed by atoms with van der Waals surface area (Å²) >= 11 is 0. The number of nitrogens with one attached hydrogen (secondary N) is 2. The van der Waals surface area contributed by atoms with Crippen molar-refractivity contribution in [2.75, 3.05) is 19.8 Å². The second kappa shape index (κ2) is 9.85. The highest BCUT2D eigenvalue weighted by Gasteiger charge is 2.37. The Kier molecular flexibility index (Phi) is 6.88. The second-order valence-electron chi connectivity index (χ2n) is 9.46. The number of alkyl carbamates (subject to hydrolysis) is 1. The van der Waals surface area contributed by atoms with E-state index in [0.29, 0.717) is 6.54 Å². The first kappa shape index (κ1) is 23.8. The molecule has 0 spiro atoms. The quantitative estimate of drug-likeness (QED) is 0.450. The van der Waals surface area contributed by atoms with Crippen LogP contribution < -0.4 is 10.6 Å². The summed E-state index contributed by atoms with van der Waals surface area (Å²) in [5, 5.41) is 23.6. The number of hydrogen-bond acceptors (Lipinski definition) is 5. The number of rotatable bonds is 9. The number of aliphatic hydroxyl groups is 1. The summed E-state index contributed by atoms with van der Waals surface area (Å²) in [4.78, 5) is 35.6. The van der Waals surface area contributed by atoms with Crippen LogP contribution >= 0.6 is 0 Å². The van der Waals surface area contributed by atoms with Gasteiger partial charge in [-0.05, 0) is 53.9 Å². The molecule has 0 bridgehead atoms. The summed E-state index contributed by atoms with van der Waals surface area (Å²) in [6, 6.07) is 16.4. The van der Waals surface area contributed by atoms with E-state index in [1.54, 1.807) is 0 Å². The van der Waals surface area contributed by atoms with Gasteiger partial charge >= 0.3 is 12.1 Å². The van der Waals surface area contributed by atoms with Crippen LogP contribution in [0.25, 0.3) is 11.1 Å². The Hall–Kier alpha value is -3.39. The van der Waals surface area contributed by atoms with Gasteiger partial charge < -0.3 is 25.6 Å². The molecule has 8 nitrogen and oxygen atoms in total. The molecule has 2 aromatic rings. The summed E-state index contributed by atoms with van der Waals surface area (Å²) in [5.74, 6) is -1.28. The van der Waals surface area contributed by atoms with E-state index < -0.39 is 30.1 Å². The lowest BCUT2D eigenvalue weighted by Crippen LogP contribution is -2.55. The first-order chi connectivity index (χ1) is 16.3. The largest absolute Gasteiger partial charge is 0.479 e. The lowest BCUT2D eigenvalue weighted by molar-refractivity contribution is -0.149. The van der Waals surface area contributed by atoms with Gasteiger partial charge in [-0.2, -0.15) is 0 Å². The van der Waals surface area contributed by atoms with Crippen molar-refractivity contribution in [3.63, 3.8) is 0 Å². The number of carboxylic acids is 1. The molecule has 2 aliphatic carbocycles. The minimum Gasteiger partial charge on any atom is -0.479 e. The molecule has 1 saturated carbocycles. The van der Waals surface area contributed by atoms with Crippen LogP contribution in [0.2, 0.25) is 0 Å². The number of carbonyl (C=O) groups is 3. The fourth-order valence-corrected chi connectivity index (χ4v) is 4.87. The molecule has 8 heteroatoms. The Morgan fingerprint density at radius 2 is 1.59 bits per heavy atom. The molecule has 1 unspecified atom stereocenters. The van der Waals surface area contributed by atoms with Crippen molar-refractivity contribution in [3.05, 3.63) is 59.7 Å². The monoisotopic (exact) mass is 466 g/mol. The van der Waals surface area contributed by atoms with Crippen LogP contribution in [0.4, 0.5) is 4.79 Å². The minimum atomic E-state index is -1.67. The first-order valence-electron chi connectivity index (χ1n) is 11.5. The van der Waals surface area contributed by atoms with Crippen molar-refractivity contribution in [1.29, 1.82) is 0 Å². The van der Waals surface area contributed by atoms with Gasteiger partial charge in [0.05, 0.1) is 6.61 Å². The average Bonchev–Trinajstić information content (AvgIpc) is 3.12. The molecular formula is C26H30N2O6. The zero-order chi connectivity index (χ0) is 24.3. The molecule has 1 atom stereocenters. The van der Waals surface area contributed by atoms with Crippen LogP contribution in [0, 0.1) is 11.8 Å². The topological polar surface area (TPSA) is 125 Å². The van der Waals surface area contributed by atoms with Crippen molar-refractivity contribution in [2.45, 2.75) is 37.6 Å². The minimum absolute atomic E-state index is 0.0140. The van der Waals surface area contributed by atoms with Crippen LogP contribution in [-0.4, -0.2) is 53.5 Å². The first-order valence-corrected chi connectivity index (χ1v) is 11.5. The Labute approximate surface area is 198 Å². The van der Waals surface area contributed by atoms with Crippen molar-refractivity contribution in [1.82, 2.24) is 10.6 Å². The van der Waals surface area contributed by atoms with E-state index in [2.05, 4.69) is 34.9 Å². The maximum atomic E-state index is 12.3. The van der Waals surface area contributed by atoms with Crippen LogP contribution in [-0.2, 0) is 14.3 Å². The Balaban J connectivity index is 1.19. The van der Waals surface area contributed by atoms with Gasteiger partial charge in [0.15, 0.2) is 5.54 Å². The van der Waals surface area contributed by atoms with E-state index in [0.717, 1.165) is 24.0 Å².